The highest BCUT2D eigenvalue weighted by Crippen LogP contribution is 2.32. The molecule has 122 valence electrons. The molecule has 23 heavy (non-hydrogen) atoms. The molecule has 0 aliphatic carbocycles. The fraction of sp³-hybridized carbons (Fsp3) is 0.333. The van der Waals surface area contributed by atoms with Crippen LogP contribution in [-0.4, -0.2) is 29.2 Å². The molecule has 0 aromatic carbocycles. The van der Waals surface area contributed by atoms with Crippen LogP contribution >= 0.6 is 15.9 Å². The number of alkyl halides is 3. The smallest absolute Gasteiger partial charge is 0.433 e. The fourth-order valence-electron chi connectivity index (χ4n) is 2.47. The predicted octanol–water partition coefficient (Wildman–Crippen LogP) is 3.92. The molecule has 1 atom stereocenters. The molecule has 3 heterocycles. The van der Waals surface area contributed by atoms with E-state index in [0.717, 1.165) is 17.0 Å². The first-order chi connectivity index (χ1) is 10.9. The van der Waals surface area contributed by atoms with Gasteiger partial charge in [0.2, 0.25) is 0 Å². The molecule has 0 saturated carbocycles. The quantitative estimate of drug-likeness (QED) is 0.799. The molecule has 0 radical (unpaired) electrons. The lowest BCUT2D eigenvalue weighted by atomic mass is 10.3. The number of hydrogen-bond acceptors (Lipinski definition) is 4. The number of nitrogens with zero attached hydrogens (tertiary/aromatic N) is 3. The molecule has 2 aromatic rings. The second kappa shape index (κ2) is 6.35. The van der Waals surface area contributed by atoms with E-state index in [1.54, 1.807) is 24.5 Å². The first kappa shape index (κ1) is 16.0. The van der Waals surface area contributed by atoms with Crippen LogP contribution in [0.25, 0.3) is 0 Å². The summed E-state index contributed by atoms with van der Waals surface area (Å²) in [4.78, 5) is 9.22. The summed E-state index contributed by atoms with van der Waals surface area (Å²) < 4.78 is 44.9. The number of rotatable bonds is 3. The van der Waals surface area contributed by atoms with E-state index in [4.69, 9.17) is 4.74 Å². The van der Waals surface area contributed by atoms with Crippen molar-refractivity contribution in [2.24, 2.45) is 0 Å². The Morgan fingerprint density at radius 3 is 2.83 bits per heavy atom. The zero-order valence-electron chi connectivity index (χ0n) is 11.9. The Kier molecular flexibility index (Phi) is 4.43. The first-order valence-electron chi connectivity index (χ1n) is 6.98. The number of anilines is 1. The largest absolute Gasteiger partial charge is 0.487 e. The minimum absolute atomic E-state index is 0.0868. The van der Waals surface area contributed by atoms with Crippen LogP contribution in [0.1, 0.15) is 12.1 Å². The van der Waals surface area contributed by atoms with E-state index >= 15 is 0 Å². The van der Waals surface area contributed by atoms with Crippen LogP contribution in [0.5, 0.6) is 5.75 Å². The van der Waals surface area contributed by atoms with Crippen molar-refractivity contribution >= 4 is 21.6 Å². The molecule has 2 aromatic heterocycles. The SMILES string of the molecule is FC(F)(F)c1cc(N2CCC(Oc3ccncc3Br)C2)ccn1. The van der Waals surface area contributed by atoms with E-state index in [1.807, 2.05) is 4.90 Å². The Morgan fingerprint density at radius 2 is 2.09 bits per heavy atom. The Hall–Kier alpha value is -1.83. The van der Waals surface area contributed by atoms with Gasteiger partial charge in [0.15, 0.2) is 0 Å². The van der Waals surface area contributed by atoms with Gasteiger partial charge in [-0.1, -0.05) is 0 Å². The average molecular weight is 388 g/mol. The Balaban J connectivity index is 1.69. The fourth-order valence-corrected chi connectivity index (χ4v) is 2.81. The van der Waals surface area contributed by atoms with Crippen LogP contribution in [0.2, 0.25) is 0 Å². The molecule has 4 nitrogen and oxygen atoms in total. The van der Waals surface area contributed by atoms with Crippen molar-refractivity contribution in [2.45, 2.75) is 18.7 Å². The zero-order valence-corrected chi connectivity index (χ0v) is 13.5. The van der Waals surface area contributed by atoms with Gasteiger partial charge in [0.05, 0.1) is 11.0 Å². The minimum Gasteiger partial charge on any atom is -0.487 e. The van der Waals surface area contributed by atoms with Crippen LogP contribution in [0, 0.1) is 0 Å². The van der Waals surface area contributed by atoms with Gasteiger partial charge in [-0.3, -0.25) is 9.97 Å². The number of aromatic nitrogens is 2. The van der Waals surface area contributed by atoms with Gasteiger partial charge >= 0.3 is 6.18 Å². The molecule has 0 N–H and O–H groups in total. The third kappa shape index (κ3) is 3.74. The van der Waals surface area contributed by atoms with Crippen LogP contribution < -0.4 is 9.64 Å². The van der Waals surface area contributed by atoms with E-state index < -0.39 is 11.9 Å². The van der Waals surface area contributed by atoms with Gasteiger partial charge in [-0.25, -0.2) is 0 Å². The third-order valence-corrected chi connectivity index (χ3v) is 4.17. The highest BCUT2D eigenvalue weighted by molar-refractivity contribution is 9.10. The van der Waals surface area contributed by atoms with Crippen molar-refractivity contribution in [1.82, 2.24) is 9.97 Å². The van der Waals surface area contributed by atoms with Crippen LogP contribution in [0.15, 0.2) is 41.3 Å². The summed E-state index contributed by atoms with van der Waals surface area (Å²) in [5, 5.41) is 0. The van der Waals surface area contributed by atoms with Crippen molar-refractivity contribution in [3.05, 3.63) is 47.0 Å². The molecule has 1 aliphatic heterocycles. The van der Waals surface area contributed by atoms with Crippen molar-refractivity contribution in [2.75, 3.05) is 18.0 Å². The molecule has 8 heteroatoms. The summed E-state index contributed by atoms with van der Waals surface area (Å²) >= 11 is 3.36. The highest BCUT2D eigenvalue weighted by atomic mass is 79.9. The average Bonchev–Trinajstić information content (AvgIpc) is 2.98. The first-order valence-corrected chi connectivity index (χ1v) is 7.77. The van der Waals surface area contributed by atoms with E-state index in [1.165, 1.54) is 6.20 Å². The van der Waals surface area contributed by atoms with Crippen molar-refractivity contribution in [3.8, 4) is 5.75 Å². The second-order valence-corrected chi connectivity index (χ2v) is 6.03. The summed E-state index contributed by atoms with van der Waals surface area (Å²) in [6.07, 6.45) is 0.667. The van der Waals surface area contributed by atoms with Crippen LogP contribution in [0.3, 0.4) is 0 Å². The molecule has 0 bridgehead atoms. The molecule has 3 rings (SSSR count). The number of pyridine rings is 2. The lowest BCUT2D eigenvalue weighted by Gasteiger charge is -2.20. The van der Waals surface area contributed by atoms with E-state index in [-0.39, 0.29) is 6.10 Å². The number of ether oxygens (including phenoxy) is 1. The standard InChI is InChI=1S/C15H13BrF3N3O/c16-12-8-20-4-2-13(12)23-11-3-6-22(9-11)10-1-5-21-14(7-10)15(17,18)19/h1-2,4-5,7-8,11H,3,6,9H2. The highest BCUT2D eigenvalue weighted by Gasteiger charge is 2.33. The summed E-state index contributed by atoms with van der Waals surface area (Å²) in [7, 11) is 0. The molecule has 1 unspecified atom stereocenters. The molecular formula is C15H13BrF3N3O. The van der Waals surface area contributed by atoms with Crippen molar-refractivity contribution in [3.63, 3.8) is 0 Å². The minimum atomic E-state index is -4.44. The monoisotopic (exact) mass is 387 g/mol. The zero-order chi connectivity index (χ0) is 16.4. The lowest BCUT2D eigenvalue weighted by molar-refractivity contribution is -0.141. The normalized spacial score (nSPS) is 18.3. The lowest BCUT2D eigenvalue weighted by Crippen LogP contribution is -2.25. The summed E-state index contributed by atoms with van der Waals surface area (Å²) in [5.41, 5.74) is -0.372. The van der Waals surface area contributed by atoms with Gasteiger partial charge in [-0.2, -0.15) is 13.2 Å². The van der Waals surface area contributed by atoms with Gasteiger partial charge < -0.3 is 9.64 Å². The Morgan fingerprint density at radius 1 is 1.26 bits per heavy atom. The molecule has 0 amide bonds. The summed E-state index contributed by atoms with van der Waals surface area (Å²) in [6.45, 7) is 1.16. The maximum Gasteiger partial charge on any atom is 0.433 e. The van der Waals surface area contributed by atoms with Gasteiger partial charge in [0.25, 0.3) is 0 Å². The maximum atomic E-state index is 12.7. The molecule has 1 aliphatic rings. The van der Waals surface area contributed by atoms with Crippen molar-refractivity contribution in [1.29, 1.82) is 0 Å². The molecule has 0 spiro atoms. The van der Waals surface area contributed by atoms with E-state index in [0.29, 0.717) is 24.5 Å². The van der Waals surface area contributed by atoms with Crippen molar-refractivity contribution < 1.29 is 17.9 Å². The summed E-state index contributed by atoms with van der Waals surface area (Å²) in [5.74, 6) is 0.678. The molecule has 1 fully saturated rings. The number of hydrogen-bond donors (Lipinski definition) is 0. The van der Waals surface area contributed by atoms with E-state index in [2.05, 4.69) is 25.9 Å². The van der Waals surface area contributed by atoms with Crippen LogP contribution in [-0.2, 0) is 6.18 Å². The van der Waals surface area contributed by atoms with Gasteiger partial charge in [-0.15, -0.1) is 0 Å². The Labute approximate surface area is 139 Å². The predicted molar refractivity (Wildman–Crippen MR) is 82.4 cm³/mol. The van der Waals surface area contributed by atoms with Crippen LogP contribution in [0.4, 0.5) is 18.9 Å². The summed E-state index contributed by atoms with van der Waals surface area (Å²) in [6, 6.07) is 4.41. The van der Waals surface area contributed by atoms with Gasteiger partial charge in [0.1, 0.15) is 17.5 Å². The van der Waals surface area contributed by atoms with Gasteiger partial charge in [-0.05, 0) is 34.1 Å². The number of halogens is 4. The molecular weight excluding hydrogens is 375 g/mol. The maximum absolute atomic E-state index is 12.7. The van der Waals surface area contributed by atoms with E-state index in [9.17, 15) is 13.2 Å². The van der Waals surface area contributed by atoms with Gasteiger partial charge in [0, 0.05) is 37.2 Å². The second-order valence-electron chi connectivity index (χ2n) is 5.18. The molecule has 1 saturated heterocycles. The topological polar surface area (TPSA) is 38.2 Å². The third-order valence-electron chi connectivity index (χ3n) is 3.57. The Bertz CT molecular complexity index is 696.